The molecule has 1 aromatic carbocycles. The SMILES string of the molecule is CCc1ccc(-c2ccc3ncc4ccc(=O)n(-c5cccc(C(F)(F)F)c5)c4c3n2)cn1. The molecule has 0 bridgehead atoms. The number of fused-ring (bicyclic) bond motifs is 3. The third-order valence-corrected chi connectivity index (χ3v) is 5.48. The number of hydrogen-bond donors (Lipinski definition) is 0. The fourth-order valence-electron chi connectivity index (χ4n) is 3.79. The van der Waals surface area contributed by atoms with E-state index in [-0.39, 0.29) is 5.69 Å². The van der Waals surface area contributed by atoms with Crippen molar-refractivity contribution in [2.75, 3.05) is 0 Å². The van der Waals surface area contributed by atoms with Gasteiger partial charge in [-0.2, -0.15) is 13.2 Å². The van der Waals surface area contributed by atoms with Gasteiger partial charge in [0.15, 0.2) is 0 Å². The van der Waals surface area contributed by atoms with Crippen molar-refractivity contribution in [1.82, 2.24) is 19.5 Å². The van der Waals surface area contributed by atoms with Crippen LogP contribution in [0.1, 0.15) is 18.2 Å². The molecule has 0 radical (unpaired) electrons. The molecular weight excluding hydrogens is 429 g/mol. The molecule has 0 amide bonds. The van der Waals surface area contributed by atoms with Crippen LogP contribution in [0.25, 0.3) is 38.9 Å². The van der Waals surface area contributed by atoms with Crippen molar-refractivity contribution in [2.24, 2.45) is 0 Å². The average molecular weight is 446 g/mol. The van der Waals surface area contributed by atoms with Gasteiger partial charge in [0.25, 0.3) is 5.56 Å². The summed E-state index contributed by atoms with van der Waals surface area (Å²) in [6.45, 7) is 2.02. The van der Waals surface area contributed by atoms with Gasteiger partial charge in [0, 0.05) is 40.8 Å². The molecule has 0 aliphatic rings. The van der Waals surface area contributed by atoms with Gasteiger partial charge in [-0.1, -0.05) is 13.0 Å². The summed E-state index contributed by atoms with van der Waals surface area (Å²) in [6, 6.07) is 15.0. The van der Waals surface area contributed by atoms with Gasteiger partial charge in [0.05, 0.1) is 22.3 Å². The van der Waals surface area contributed by atoms with E-state index in [4.69, 9.17) is 4.98 Å². The van der Waals surface area contributed by atoms with E-state index in [1.54, 1.807) is 30.6 Å². The molecule has 5 nitrogen and oxygen atoms in total. The molecule has 8 heteroatoms. The Hall–Kier alpha value is -4.07. The Balaban J connectivity index is 1.80. The minimum atomic E-state index is -4.53. The van der Waals surface area contributed by atoms with Crippen molar-refractivity contribution >= 4 is 21.9 Å². The van der Waals surface area contributed by atoms with Gasteiger partial charge in [-0.25, -0.2) is 4.98 Å². The Morgan fingerprint density at radius 3 is 2.52 bits per heavy atom. The second-order valence-electron chi connectivity index (χ2n) is 7.57. The number of aromatic nitrogens is 4. The summed E-state index contributed by atoms with van der Waals surface area (Å²) < 4.78 is 41.2. The molecule has 0 spiro atoms. The molecule has 0 saturated heterocycles. The van der Waals surface area contributed by atoms with Crippen LogP contribution in [0, 0.1) is 0 Å². The number of alkyl halides is 3. The van der Waals surface area contributed by atoms with Crippen LogP contribution >= 0.6 is 0 Å². The maximum Gasteiger partial charge on any atom is 0.416 e. The van der Waals surface area contributed by atoms with Crippen molar-refractivity contribution in [1.29, 1.82) is 0 Å². The predicted molar refractivity (Wildman–Crippen MR) is 120 cm³/mol. The van der Waals surface area contributed by atoms with Gasteiger partial charge >= 0.3 is 6.18 Å². The van der Waals surface area contributed by atoms with Crippen LogP contribution in [0.2, 0.25) is 0 Å². The lowest BCUT2D eigenvalue weighted by Crippen LogP contribution is -2.18. The highest BCUT2D eigenvalue weighted by atomic mass is 19.4. The van der Waals surface area contributed by atoms with Gasteiger partial charge in [-0.3, -0.25) is 19.3 Å². The van der Waals surface area contributed by atoms with E-state index in [9.17, 15) is 18.0 Å². The van der Waals surface area contributed by atoms with Crippen LogP contribution in [0.15, 0.2) is 77.9 Å². The number of aryl methyl sites for hydroxylation is 1. The lowest BCUT2D eigenvalue weighted by Gasteiger charge is -2.14. The fourth-order valence-corrected chi connectivity index (χ4v) is 3.79. The zero-order valence-electron chi connectivity index (χ0n) is 17.5. The van der Waals surface area contributed by atoms with E-state index in [1.165, 1.54) is 22.8 Å². The largest absolute Gasteiger partial charge is 0.416 e. The van der Waals surface area contributed by atoms with Crippen molar-refractivity contribution in [3.05, 3.63) is 94.7 Å². The smallest absolute Gasteiger partial charge is 0.275 e. The Labute approximate surface area is 186 Å². The normalized spacial score (nSPS) is 11.9. The van der Waals surface area contributed by atoms with Crippen molar-refractivity contribution < 1.29 is 13.2 Å². The zero-order valence-corrected chi connectivity index (χ0v) is 17.5. The van der Waals surface area contributed by atoms with Crippen LogP contribution in [-0.4, -0.2) is 19.5 Å². The number of nitrogens with zero attached hydrogens (tertiary/aromatic N) is 4. The van der Waals surface area contributed by atoms with E-state index < -0.39 is 17.3 Å². The third-order valence-electron chi connectivity index (χ3n) is 5.48. The van der Waals surface area contributed by atoms with E-state index in [0.29, 0.717) is 27.6 Å². The highest BCUT2D eigenvalue weighted by Gasteiger charge is 2.30. The molecule has 0 fully saturated rings. The molecule has 0 aliphatic heterocycles. The number of hydrogen-bond acceptors (Lipinski definition) is 4. The van der Waals surface area contributed by atoms with E-state index in [0.717, 1.165) is 29.8 Å². The molecule has 0 aliphatic carbocycles. The molecule has 164 valence electrons. The summed E-state index contributed by atoms with van der Waals surface area (Å²) >= 11 is 0. The van der Waals surface area contributed by atoms with E-state index >= 15 is 0 Å². The third kappa shape index (κ3) is 3.73. The summed E-state index contributed by atoms with van der Waals surface area (Å²) in [5.41, 5.74) is 2.50. The van der Waals surface area contributed by atoms with E-state index in [2.05, 4.69) is 9.97 Å². The summed E-state index contributed by atoms with van der Waals surface area (Å²) in [5, 5.41) is 0.587. The molecule has 0 saturated carbocycles. The van der Waals surface area contributed by atoms with Crippen LogP contribution in [-0.2, 0) is 12.6 Å². The summed E-state index contributed by atoms with van der Waals surface area (Å²) in [6.07, 6.45) is -0.411. The Kier molecular flexibility index (Phi) is 4.92. The van der Waals surface area contributed by atoms with Gasteiger partial charge < -0.3 is 0 Å². The topological polar surface area (TPSA) is 60.7 Å². The minimum Gasteiger partial charge on any atom is -0.275 e. The summed E-state index contributed by atoms with van der Waals surface area (Å²) in [4.78, 5) is 26.5. The van der Waals surface area contributed by atoms with Crippen LogP contribution in [0.3, 0.4) is 0 Å². The minimum absolute atomic E-state index is 0.106. The lowest BCUT2D eigenvalue weighted by molar-refractivity contribution is -0.137. The molecule has 4 heterocycles. The summed E-state index contributed by atoms with van der Waals surface area (Å²) in [5.74, 6) is 0. The standard InChI is InChI=1S/C25H17F3N4O/c1-2-18-8-6-15(13-29-18)20-9-10-21-23(31-20)24-16(14-30-21)7-11-22(33)32(24)19-5-3-4-17(12-19)25(26,27)28/h3-14H,2H2,1H3. The number of rotatable bonds is 3. The van der Waals surface area contributed by atoms with Gasteiger partial charge in [-0.05, 0) is 55.0 Å². The second kappa shape index (κ2) is 7.81. The first-order valence-corrected chi connectivity index (χ1v) is 10.3. The molecule has 5 aromatic rings. The first-order chi connectivity index (χ1) is 15.8. The monoisotopic (exact) mass is 446 g/mol. The quantitative estimate of drug-likeness (QED) is 0.340. The van der Waals surface area contributed by atoms with Gasteiger partial charge in [-0.15, -0.1) is 0 Å². The Bertz CT molecular complexity index is 1560. The number of halogens is 3. The zero-order chi connectivity index (χ0) is 23.2. The van der Waals surface area contributed by atoms with Crippen molar-refractivity contribution in [2.45, 2.75) is 19.5 Å². The Morgan fingerprint density at radius 1 is 0.939 bits per heavy atom. The van der Waals surface area contributed by atoms with Crippen LogP contribution in [0.4, 0.5) is 13.2 Å². The summed E-state index contributed by atoms with van der Waals surface area (Å²) in [7, 11) is 0. The fraction of sp³-hybridized carbons (Fsp3) is 0.120. The molecule has 0 N–H and O–H groups in total. The molecule has 4 aromatic heterocycles. The molecule has 0 unspecified atom stereocenters. The second-order valence-corrected chi connectivity index (χ2v) is 7.57. The highest BCUT2D eigenvalue weighted by molar-refractivity contribution is 6.02. The lowest BCUT2D eigenvalue weighted by atomic mass is 10.1. The highest BCUT2D eigenvalue weighted by Crippen LogP contribution is 2.31. The van der Waals surface area contributed by atoms with Crippen LogP contribution in [0.5, 0.6) is 0 Å². The molecule has 0 atom stereocenters. The maximum atomic E-state index is 13.3. The number of benzene rings is 1. The molecule has 5 rings (SSSR count). The Morgan fingerprint density at radius 2 is 1.79 bits per heavy atom. The van der Waals surface area contributed by atoms with Crippen molar-refractivity contribution in [3.8, 4) is 16.9 Å². The first-order valence-electron chi connectivity index (χ1n) is 10.3. The van der Waals surface area contributed by atoms with Gasteiger partial charge in [0.1, 0.15) is 5.52 Å². The number of pyridine rings is 4. The van der Waals surface area contributed by atoms with Gasteiger partial charge in [0.2, 0.25) is 0 Å². The van der Waals surface area contributed by atoms with Crippen molar-refractivity contribution in [3.63, 3.8) is 0 Å². The molecule has 33 heavy (non-hydrogen) atoms. The predicted octanol–water partition coefficient (Wildman–Crippen LogP) is 5.58. The van der Waals surface area contributed by atoms with E-state index in [1.807, 2.05) is 19.1 Å². The first kappa shape index (κ1) is 20.8. The average Bonchev–Trinajstić information content (AvgIpc) is 2.83. The molecular formula is C25H17F3N4O. The maximum absolute atomic E-state index is 13.3. The van der Waals surface area contributed by atoms with Crippen LogP contribution < -0.4 is 5.56 Å².